The first-order valence-electron chi connectivity index (χ1n) is 6.01. The number of thiazole rings is 1. The second-order valence-electron chi connectivity index (χ2n) is 4.75. The summed E-state index contributed by atoms with van der Waals surface area (Å²) in [6, 6.07) is 1.13. The largest absolute Gasteiger partial charge is 0.476 e. The minimum atomic E-state index is -0.930. The van der Waals surface area contributed by atoms with Crippen molar-refractivity contribution in [1.29, 1.82) is 0 Å². The van der Waals surface area contributed by atoms with Gasteiger partial charge in [0.1, 0.15) is 0 Å². The molecule has 94 valence electrons. The molecule has 0 saturated carbocycles. The van der Waals surface area contributed by atoms with Gasteiger partial charge in [0.25, 0.3) is 0 Å². The Morgan fingerprint density at radius 2 is 2.18 bits per heavy atom. The first-order chi connectivity index (χ1) is 8.08. The molecule has 1 saturated heterocycles. The predicted molar refractivity (Wildman–Crippen MR) is 67.4 cm³/mol. The van der Waals surface area contributed by atoms with E-state index in [-0.39, 0.29) is 5.01 Å². The molecule has 1 aliphatic rings. The molecule has 1 aromatic heterocycles. The van der Waals surface area contributed by atoms with Crippen molar-refractivity contribution < 1.29 is 9.90 Å². The zero-order valence-corrected chi connectivity index (χ0v) is 11.0. The molecule has 0 bridgehead atoms. The Morgan fingerprint density at radius 1 is 1.53 bits per heavy atom. The molecule has 2 unspecified atom stereocenters. The molecule has 5 heteroatoms. The smallest absolute Gasteiger partial charge is 0.365 e. The Balaban J connectivity index is 2.05. The van der Waals surface area contributed by atoms with Gasteiger partial charge in [0, 0.05) is 24.0 Å². The van der Waals surface area contributed by atoms with Gasteiger partial charge >= 0.3 is 5.97 Å². The summed E-state index contributed by atoms with van der Waals surface area (Å²) in [7, 11) is 0. The lowest BCUT2D eigenvalue weighted by Gasteiger charge is -2.38. The van der Waals surface area contributed by atoms with E-state index in [1.807, 2.05) is 5.38 Å². The number of hydrogen-bond donors (Lipinski definition) is 1. The Morgan fingerprint density at radius 3 is 2.71 bits per heavy atom. The number of aromatic carboxylic acids is 1. The number of piperidine rings is 1. The number of carboxylic acids is 1. The van der Waals surface area contributed by atoms with Crippen LogP contribution >= 0.6 is 11.3 Å². The maximum absolute atomic E-state index is 10.8. The van der Waals surface area contributed by atoms with Crippen molar-refractivity contribution in [2.45, 2.75) is 51.7 Å². The number of nitrogens with zero attached hydrogens (tertiary/aromatic N) is 2. The third kappa shape index (κ3) is 2.84. The highest BCUT2D eigenvalue weighted by Gasteiger charge is 2.25. The Kier molecular flexibility index (Phi) is 3.79. The summed E-state index contributed by atoms with van der Waals surface area (Å²) in [6.45, 7) is 5.24. The minimum absolute atomic E-state index is 0.192. The van der Waals surface area contributed by atoms with Gasteiger partial charge in [-0.15, -0.1) is 11.3 Å². The van der Waals surface area contributed by atoms with Crippen molar-refractivity contribution in [2.24, 2.45) is 0 Å². The zero-order valence-electron chi connectivity index (χ0n) is 10.2. The predicted octanol–water partition coefficient (Wildman–Crippen LogP) is 2.60. The minimum Gasteiger partial charge on any atom is -0.476 e. The van der Waals surface area contributed by atoms with E-state index in [1.165, 1.54) is 30.6 Å². The van der Waals surface area contributed by atoms with Crippen LogP contribution in [0.2, 0.25) is 0 Å². The number of likely N-dealkylation sites (tertiary alicyclic amines) is 1. The number of carbonyl (C=O) groups is 1. The van der Waals surface area contributed by atoms with E-state index in [2.05, 4.69) is 23.7 Å². The van der Waals surface area contributed by atoms with Gasteiger partial charge in [-0.3, -0.25) is 4.90 Å². The Hall–Kier alpha value is -0.940. The van der Waals surface area contributed by atoms with E-state index in [0.717, 1.165) is 12.2 Å². The van der Waals surface area contributed by atoms with Gasteiger partial charge in [-0.25, -0.2) is 9.78 Å². The van der Waals surface area contributed by atoms with E-state index >= 15 is 0 Å². The van der Waals surface area contributed by atoms with Gasteiger partial charge in [0.05, 0.1) is 5.69 Å². The van der Waals surface area contributed by atoms with Crippen molar-refractivity contribution in [1.82, 2.24) is 9.88 Å². The molecule has 2 heterocycles. The van der Waals surface area contributed by atoms with Crippen LogP contribution in [0.1, 0.15) is 48.6 Å². The summed E-state index contributed by atoms with van der Waals surface area (Å²) < 4.78 is 0. The van der Waals surface area contributed by atoms with Crippen molar-refractivity contribution in [2.75, 3.05) is 0 Å². The van der Waals surface area contributed by atoms with Crippen molar-refractivity contribution in [3.8, 4) is 0 Å². The summed E-state index contributed by atoms with van der Waals surface area (Å²) in [5.41, 5.74) is 0.882. The summed E-state index contributed by atoms with van der Waals surface area (Å²) in [5, 5.41) is 10.9. The van der Waals surface area contributed by atoms with Crippen LogP contribution in [-0.2, 0) is 6.54 Å². The SMILES string of the molecule is CC1CCCC(C)N1Cc1csc(C(=O)O)n1. The molecule has 2 rings (SSSR count). The third-order valence-electron chi connectivity index (χ3n) is 3.46. The third-order valence-corrected chi connectivity index (χ3v) is 4.33. The summed E-state index contributed by atoms with van der Waals surface area (Å²) in [6.07, 6.45) is 3.73. The van der Waals surface area contributed by atoms with E-state index in [0.29, 0.717) is 12.1 Å². The molecule has 0 amide bonds. The fourth-order valence-corrected chi connectivity index (χ4v) is 3.10. The summed E-state index contributed by atoms with van der Waals surface area (Å²) in [4.78, 5) is 17.3. The second kappa shape index (κ2) is 5.14. The second-order valence-corrected chi connectivity index (χ2v) is 5.61. The molecule has 0 aliphatic carbocycles. The standard InChI is InChI=1S/C12H18N2O2S/c1-8-4-3-5-9(2)14(8)6-10-7-17-11(13-10)12(15)16/h7-9H,3-6H2,1-2H3,(H,15,16). The number of hydrogen-bond acceptors (Lipinski definition) is 4. The fraction of sp³-hybridized carbons (Fsp3) is 0.667. The van der Waals surface area contributed by atoms with E-state index in [9.17, 15) is 4.79 Å². The molecule has 1 fully saturated rings. The highest BCUT2D eigenvalue weighted by molar-refractivity contribution is 7.11. The molecule has 4 nitrogen and oxygen atoms in total. The van der Waals surface area contributed by atoms with Crippen LogP contribution in [-0.4, -0.2) is 33.0 Å². The van der Waals surface area contributed by atoms with Crippen LogP contribution in [0.5, 0.6) is 0 Å². The highest BCUT2D eigenvalue weighted by atomic mass is 32.1. The van der Waals surface area contributed by atoms with Gasteiger partial charge in [0.2, 0.25) is 5.01 Å². The van der Waals surface area contributed by atoms with Crippen molar-refractivity contribution in [3.05, 3.63) is 16.1 Å². The average Bonchev–Trinajstić information content (AvgIpc) is 2.72. The van der Waals surface area contributed by atoms with Crippen molar-refractivity contribution >= 4 is 17.3 Å². The monoisotopic (exact) mass is 254 g/mol. The summed E-state index contributed by atoms with van der Waals surface area (Å²) >= 11 is 1.21. The Labute approximate surface area is 105 Å². The van der Waals surface area contributed by atoms with E-state index in [4.69, 9.17) is 5.11 Å². The van der Waals surface area contributed by atoms with Gasteiger partial charge in [-0.2, -0.15) is 0 Å². The number of carboxylic acid groups (broad SMARTS) is 1. The lowest BCUT2D eigenvalue weighted by molar-refractivity contribution is 0.0695. The first-order valence-corrected chi connectivity index (χ1v) is 6.89. The average molecular weight is 254 g/mol. The van der Waals surface area contributed by atoms with E-state index in [1.54, 1.807) is 0 Å². The van der Waals surface area contributed by atoms with Crippen molar-refractivity contribution in [3.63, 3.8) is 0 Å². The normalized spacial score (nSPS) is 26.0. The van der Waals surface area contributed by atoms with Crippen LogP contribution < -0.4 is 0 Å². The molecule has 2 atom stereocenters. The fourth-order valence-electron chi connectivity index (χ4n) is 2.45. The molecule has 1 N–H and O–H groups in total. The molecule has 0 radical (unpaired) electrons. The van der Waals surface area contributed by atoms with E-state index < -0.39 is 5.97 Å². The van der Waals surface area contributed by atoms with Gasteiger partial charge in [0.15, 0.2) is 0 Å². The zero-order chi connectivity index (χ0) is 12.4. The Bertz CT molecular complexity index is 395. The maximum atomic E-state index is 10.8. The molecule has 1 aromatic rings. The molecule has 0 aromatic carbocycles. The first kappa shape index (κ1) is 12.5. The molecule has 0 spiro atoms. The van der Waals surface area contributed by atoms with Crippen LogP contribution in [0.4, 0.5) is 0 Å². The summed E-state index contributed by atoms with van der Waals surface area (Å²) in [5.74, 6) is -0.930. The molecular weight excluding hydrogens is 236 g/mol. The molecule has 1 aliphatic heterocycles. The van der Waals surface area contributed by atoms with Gasteiger partial charge < -0.3 is 5.11 Å². The topological polar surface area (TPSA) is 53.4 Å². The maximum Gasteiger partial charge on any atom is 0.365 e. The quantitative estimate of drug-likeness (QED) is 0.901. The van der Waals surface area contributed by atoms with Crippen LogP contribution in [0.15, 0.2) is 5.38 Å². The lowest BCUT2D eigenvalue weighted by atomic mass is 9.97. The van der Waals surface area contributed by atoms with Gasteiger partial charge in [-0.1, -0.05) is 6.42 Å². The van der Waals surface area contributed by atoms with Gasteiger partial charge in [-0.05, 0) is 26.7 Å². The van der Waals surface area contributed by atoms with Crippen LogP contribution in [0, 0.1) is 0 Å². The number of rotatable bonds is 3. The highest BCUT2D eigenvalue weighted by Crippen LogP contribution is 2.24. The van der Waals surface area contributed by atoms with Crippen LogP contribution in [0.25, 0.3) is 0 Å². The lowest BCUT2D eigenvalue weighted by Crippen LogP contribution is -2.43. The molecule has 17 heavy (non-hydrogen) atoms. The van der Waals surface area contributed by atoms with Crippen LogP contribution in [0.3, 0.4) is 0 Å². The number of aromatic nitrogens is 1. The molecular formula is C12H18N2O2S.